The van der Waals surface area contributed by atoms with E-state index in [-0.39, 0.29) is 12.8 Å². The molecule has 0 saturated carbocycles. The molecule has 0 aliphatic carbocycles. The van der Waals surface area contributed by atoms with Gasteiger partial charge in [0.15, 0.2) is 0 Å². The minimum absolute atomic E-state index is 0.154. The SMILES string of the molecule is CN(C(=O)C1CCN(c2ccc(F)cc2)C1=O)C(Cc1ccccc1)C(=O)O. The first kappa shape index (κ1) is 19.5. The van der Waals surface area contributed by atoms with Crippen molar-refractivity contribution in [2.24, 2.45) is 5.92 Å². The minimum atomic E-state index is -1.12. The van der Waals surface area contributed by atoms with E-state index in [2.05, 4.69) is 0 Å². The van der Waals surface area contributed by atoms with Crippen LogP contribution in [0.5, 0.6) is 0 Å². The second kappa shape index (κ2) is 8.21. The van der Waals surface area contributed by atoms with Crippen LogP contribution in [0.4, 0.5) is 10.1 Å². The van der Waals surface area contributed by atoms with Crippen LogP contribution in [0.3, 0.4) is 0 Å². The maximum atomic E-state index is 13.1. The molecule has 7 heteroatoms. The summed E-state index contributed by atoms with van der Waals surface area (Å²) in [6.45, 7) is 0.325. The molecule has 1 heterocycles. The van der Waals surface area contributed by atoms with Gasteiger partial charge >= 0.3 is 5.97 Å². The van der Waals surface area contributed by atoms with E-state index in [0.29, 0.717) is 12.2 Å². The van der Waals surface area contributed by atoms with Crippen LogP contribution in [0.25, 0.3) is 0 Å². The van der Waals surface area contributed by atoms with Crippen LogP contribution in [0, 0.1) is 11.7 Å². The fourth-order valence-electron chi connectivity index (χ4n) is 3.41. The Morgan fingerprint density at radius 2 is 1.82 bits per heavy atom. The van der Waals surface area contributed by atoms with Gasteiger partial charge in [-0.15, -0.1) is 0 Å². The Morgan fingerprint density at radius 1 is 1.18 bits per heavy atom. The molecule has 2 atom stereocenters. The highest BCUT2D eigenvalue weighted by Crippen LogP contribution is 2.27. The number of nitrogens with zero attached hydrogens (tertiary/aromatic N) is 2. The number of hydrogen-bond donors (Lipinski definition) is 1. The predicted octanol–water partition coefficient (Wildman–Crippen LogP) is 2.33. The van der Waals surface area contributed by atoms with E-state index in [1.165, 1.54) is 36.2 Å². The van der Waals surface area contributed by atoms with E-state index in [1.807, 2.05) is 6.07 Å². The summed E-state index contributed by atoms with van der Waals surface area (Å²) in [6.07, 6.45) is 0.443. The van der Waals surface area contributed by atoms with E-state index in [0.717, 1.165) is 10.5 Å². The van der Waals surface area contributed by atoms with Crippen LogP contribution in [0.2, 0.25) is 0 Å². The molecule has 1 aliphatic heterocycles. The van der Waals surface area contributed by atoms with E-state index in [4.69, 9.17) is 0 Å². The number of halogens is 1. The molecule has 2 unspecified atom stereocenters. The van der Waals surface area contributed by atoms with Gasteiger partial charge in [0.25, 0.3) is 0 Å². The fraction of sp³-hybridized carbons (Fsp3) is 0.286. The Balaban J connectivity index is 1.73. The molecule has 2 amide bonds. The second-order valence-corrected chi connectivity index (χ2v) is 6.80. The molecule has 0 radical (unpaired) electrons. The van der Waals surface area contributed by atoms with Crippen LogP contribution in [-0.2, 0) is 20.8 Å². The zero-order valence-electron chi connectivity index (χ0n) is 15.4. The van der Waals surface area contributed by atoms with Gasteiger partial charge in [0.05, 0.1) is 0 Å². The number of benzene rings is 2. The minimum Gasteiger partial charge on any atom is -0.480 e. The van der Waals surface area contributed by atoms with Crippen molar-refractivity contribution in [3.63, 3.8) is 0 Å². The van der Waals surface area contributed by atoms with Crippen molar-refractivity contribution in [1.29, 1.82) is 0 Å². The lowest BCUT2D eigenvalue weighted by atomic mass is 10.0. The normalized spacial score (nSPS) is 17.4. The number of carboxylic acids is 1. The van der Waals surface area contributed by atoms with Crippen LogP contribution in [-0.4, -0.2) is 47.4 Å². The molecular weight excluding hydrogens is 363 g/mol. The molecule has 0 spiro atoms. The largest absolute Gasteiger partial charge is 0.480 e. The third-order valence-corrected chi connectivity index (χ3v) is 5.01. The van der Waals surface area contributed by atoms with Gasteiger partial charge in [-0.1, -0.05) is 30.3 Å². The Kier molecular flexibility index (Phi) is 5.73. The van der Waals surface area contributed by atoms with Crippen LogP contribution < -0.4 is 4.90 Å². The number of rotatable bonds is 6. The topological polar surface area (TPSA) is 77.9 Å². The summed E-state index contributed by atoms with van der Waals surface area (Å²) >= 11 is 0. The summed E-state index contributed by atoms with van der Waals surface area (Å²) in [5, 5.41) is 9.59. The summed E-state index contributed by atoms with van der Waals surface area (Å²) in [5.74, 6) is -3.38. The van der Waals surface area contributed by atoms with Crippen LogP contribution in [0.1, 0.15) is 12.0 Å². The first-order chi connectivity index (χ1) is 13.4. The van der Waals surface area contributed by atoms with Gasteiger partial charge in [0.2, 0.25) is 11.8 Å². The Bertz CT molecular complexity index is 870. The molecule has 2 aromatic rings. The number of carbonyl (C=O) groups is 3. The van der Waals surface area contributed by atoms with E-state index in [9.17, 15) is 23.9 Å². The maximum Gasteiger partial charge on any atom is 0.326 e. The van der Waals surface area contributed by atoms with Gasteiger partial charge in [-0.05, 0) is 36.2 Å². The summed E-state index contributed by atoms with van der Waals surface area (Å²) < 4.78 is 13.1. The molecule has 146 valence electrons. The zero-order chi connectivity index (χ0) is 20.3. The third-order valence-electron chi connectivity index (χ3n) is 5.01. The van der Waals surface area contributed by atoms with Crippen LogP contribution in [0.15, 0.2) is 54.6 Å². The molecule has 6 nitrogen and oxygen atoms in total. The number of anilines is 1. The van der Waals surface area contributed by atoms with Crippen molar-refractivity contribution in [3.8, 4) is 0 Å². The molecule has 1 aliphatic rings. The van der Waals surface area contributed by atoms with Crippen molar-refractivity contribution in [2.45, 2.75) is 18.9 Å². The molecule has 1 fully saturated rings. The average molecular weight is 384 g/mol. The molecule has 2 aromatic carbocycles. The van der Waals surface area contributed by atoms with Crippen molar-refractivity contribution in [3.05, 3.63) is 66.0 Å². The van der Waals surface area contributed by atoms with E-state index >= 15 is 0 Å². The van der Waals surface area contributed by atoms with E-state index in [1.54, 1.807) is 24.3 Å². The molecule has 1 saturated heterocycles. The molecule has 28 heavy (non-hydrogen) atoms. The third kappa shape index (κ3) is 4.03. The van der Waals surface area contributed by atoms with Gasteiger partial charge in [-0.25, -0.2) is 9.18 Å². The molecule has 3 rings (SSSR count). The molecule has 1 N–H and O–H groups in total. The number of aliphatic carboxylic acids is 1. The van der Waals surface area contributed by atoms with Crippen molar-refractivity contribution < 1.29 is 23.9 Å². The second-order valence-electron chi connectivity index (χ2n) is 6.80. The number of hydrogen-bond acceptors (Lipinski definition) is 3. The van der Waals surface area contributed by atoms with Crippen molar-refractivity contribution in [1.82, 2.24) is 4.90 Å². The Labute approximate surface area is 162 Å². The summed E-state index contributed by atoms with van der Waals surface area (Å²) in [7, 11) is 1.41. The summed E-state index contributed by atoms with van der Waals surface area (Å²) in [6, 6.07) is 13.4. The number of carbonyl (C=O) groups excluding carboxylic acids is 2. The van der Waals surface area contributed by atoms with Crippen LogP contribution >= 0.6 is 0 Å². The Hall–Kier alpha value is -3.22. The van der Waals surface area contributed by atoms with Gasteiger partial charge in [-0.3, -0.25) is 9.59 Å². The predicted molar refractivity (Wildman–Crippen MR) is 101 cm³/mol. The lowest BCUT2D eigenvalue weighted by Gasteiger charge is -2.27. The standard InChI is InChI=1S/C21H21FN2O4/c1-23(18(21(27)28)13-14-5-3-2-4-6-14)19(25)17-11-12-24(20(17)26)16-9-7-15(22)8-10-16/h2-10,17-18H,11-13H2,1H3,(H,27,28). The number of carboxylic acid groups (broad SMARTS) is 1. The van der Waals surface area contributed by atoms with Gasteiger partial charge < -0.3 is 14.9 Å². The summed E-state index contributed by atoms with van der Waals surface area (Å²) in [5.41, 5.74) is 1.31. The van der Waals surface area contributed by atoms with E-state index < -0.39 is 35.6 Å². The maximum absolute atomic E-state index is 13.1. The smallest absolute Gasteiger partial charge is 0.326 e. The average Bonchev–Trinajstić information content (AvgIpc) is 3.07. The van der Waals surface area contributed by atoms with Crippen molar-refractivity contribution in [2.75, 3.05) is 18.5 Å². The first-order valence-electron chi connectivity index (χ1n) is 8.99. The van der Waals surface area contributed by atoms with Gasteiger partial charge in [-0.2, -0.15) is 0 Å². The molecular formula is C21H21FN2O4. The van der Waals surface area contributed by atoms with Gasteiger partial charge in [0, 0.05) is 25.7 Å². The Morgan fingerprint density at radius 3 is 2.43 bits per heavy atom. The summed E-state index contributed by atoms with van der Waals surface area (Å²) in [4.78, 5) is 39.9. The first-order valence-corrected chi connectivity index (χ1v) is 8.99. The zero-order valence-corrected chi connectivity index (χ0v) is 15.4. The number of likely N-dealkylation sites (N-methyl/N-ethyl adjacent to an activating group) is 1. The van der Waals surface area contributed by atoms with Gasteiger partial charge in [0.1, 0.15) is 17.8 Å². The molecule has 0 bridgehead atoms. The molecule has 0 aromatic heterocycles. The fourth-order valence-corrected chi connectivity index (χ4v) is 3.41. The van der Waals surface area contributed by atoms with Crippen molar-refractivity contribution >= 4 is 23.5 Å². The lowest BCUT2D eigenvalue weighted by molar-refractivity contribution is -0.151. The highest BCUT2D eigenvalue weighted by Gasteiger charge is 2.41. The highest BCUT2D eigenvalue weighted by atomic mass is 19.1. The number of amides is 2. The monoisotopic (exact) mass is 384 g/mol. The lowest BCUT2D eigenvalue weighted by Crippen LogP contribution is -2.47. The quantitative estimate of drug-likeness (QED) is 0.776. The highest BCUT2D eigenvalue weighted by molar-refractivity contribution is 6.10.